The van der Waals surface area contributed by atoms with E-state index in [9.17, 15) is 4.79 Å². The molecule has 3 aromatic rings. The molecule has 1 aromatic carbocycles. The van der Waals surface area contributed by atoms with E-state index >= 15 is 0 Å². The van der Waals surface area contributed by atoms with Gasteiger partial charge in [-0.2, -0.15) is 0 Å². The number of pyridine rings is 1. The molecule has 0 N–H and O–H groups in total. The van der Waals surface area contributed by atoms with Crippen molar-refractivity contribution in [2.24, 2.45) is 0 Å². The number of rotatable bonds is 2. The summed E-state index contributed by atoms with van der Waals surface area (Å²) in [5, 5.41) is 1.89. The molecule has 0 unspecified atom stereocenters. The predicted molar refractivity (Wildman–Crippen MR) is 91.7 cm³/mol. The second-order valence-corrected chi connectivity index (χ2v) is 6.31. The molecule has 2 aromatic heterocycles. The summed E-state index contributed by atoms with van der Waals surface area (Å²) < 4.78 is 1.43. The van der Waals surface area contributed by atoms with E-state index in [1.807, 2.05) is 13.2 Å². The zero-order chi connectivity index (χ0) is 15.9. The van der Waals surface area contributed by atoms with Crippen LogP contribution in [-0.4, -0.2) is 20.8 Å². The third kappa shape index (κ3) is 2.60. The van der Waals surface area contributed by atoms with Crippen molar-refractivity contribution < 1.29 is 0 Å². The zero-order valence-electron chi connectivity index (χ0n) is 11.8. The van der Waals surface area contributed by atoms with E-state index in [0.717, 1.165) is 5.56 Å². The molecule has 3 rings (SSSR count). The topological polar surface area (TPSA) is 47.8 Å². The second kappa shape index (κ2) is 5.91. The van der Waals surface area contributed by atoms with Crippen LogP contribution in [0.25, 0.3) is 16.6 Å². The van der Waals surface area contributed by atoms with Crippen LogP contribution >= 0.6 is 35.0 Å². The molecule has 0 spiro atoms. The van der Waals surface area contributed by atoms with E-state index in [2.05, 4.69) is 9.97 Å². The SMILES string of the molecule is CSc1ncc2c(=O)n(-c3c(Cl)cc(C)cc3Cl)ccc2n1. The number of aryl methyl sites for hydroxylation is 1. The van der Waals surface area contributed by atoms with Gasteiger partial charge in [0.15, 0.2) is 5.16 Å². The summed E-state index contributed by atoms with van der Waals surface area (Å²) in [6.45, 7) is 1.89. The van der Waals surface area contributed by atoms with Crippen molar-refractivity contribution in [3.63, 3.8) is 0 Å². The number of nitrogens with zero attached hydrogens (tertiary/aromatic N) is 3. The lowest BCUT2D eigenvalue weighted by Gasteiger charge is -2.12. The highest BCUT2D eigenvalue weighted by Gasteiger charge is 2.13. The Bertz CT molecular complexity index is 917. The molecule has 22 heavy (non-hydrogen) atoms. The Labute approximate surface area is 141 Å². The maximum atomic E-state index is 12.7. The Hall–Kier alpha value is -1.56. The Morgan fingerprint density at radius 2 is 1.91 bits per heavy atom. The average Bonchev–Trinajstić information content (AvgIpc) is 2.48. The Kier molecular flexibility index (Phi) is 4.12. The van der Waals surface area contributed by atoms with Crippen molar-refractivity contribution in [2.45, 2.75) is 12.1 Å². The van der Waals surface area contributed by atoms with E-state index in [1.54, 1.807) is 24.4 Å². The molecule has 112 valence electrons. The highest BCUT2D eigenvalue weighted by molar-refractivity contribution is 7.98. The second-order valence-electron chi connectivity index (χ2n) is 4.72. The van der Waals surface area contributed by atoms with Crippen LogP contribution in [0.3, 0.4) is 0 Å². The number of aromatic nitrogens is 3. The molecule has 0 atom stereocenters. The Morgan fingerprint density at radius 3 is 2.55 bits per heavy atom. The Morgan fingerprint density at radius 1 is 1.23 bits per heavy atom. The van der Waals surface area contributed by atoms with Gasteiger partial charge in [0.1, 0.15) is 0 Å². The summed E-state index contributed by atoms with van der Waals surface area (Å²) in [5.41, 5.74) is 1.74. The quantitative estimate of drug-likeness (QED) is 0.514. The molecular formula is C15H11Cl2N3OS. The first-order valence-corrected chi connectivity index (χ1v) is 8.37. The van der Waals surface area contributed by atoms with E-state index in [4.69, 9.17) is 23.2 Å². The first-order valence-electron chi connectivity index (χ1n) is 6.39. The number of hydrogen-bond donors (Lipinski definition) is 0. The first kappa shape index (κ1) is 15.3. The zero-order valence-corrected chi connectivity index (χ0v) is 14.1. The third-order valence-electron chi connectivity index (χ3n) is 3.21. The fourth-order valence-electron chi connectivity index (χ4n) is 2.21. The van der Waals surface area contributed by atoms with Gasteiger partial charge in [-0.05, 0) is 36.9 Å². The average molecular weight is 352 g/mol. The molecule has 0 aliphatic carbocycles. The molecular weight excluding hydrogens is 341 g/mol. The van der Waals surface area contributed by atoms with E-state index in [1.165, 1.54) is 22.5 Å². The molecule has 0 saturated heterocycles. The van der Waals surface area contributed by atoms with Gasteiger partial charge < -0.3 is 0 Å². The van der Waals surface area contributed by atoms with Gasteiger partial charge >= 0.3 is 0 Å². The van der Waals surface area contributed by atoms with Crippen LogP contribution in [0, 0.1) is 6.92 Å². The van der Waals surface area contributed by atoms with Gasteiger partial charge in [-0.1, -0.05) is 35.0 Å². The Balaban J connectivity index is 2.30. The van der Waals surface area contributed by atoms with Gasteiger partial charge in [0.25, 0.3) is 5.56 Å². The number of halogens is 2. The van der Waals surface area contributed by atoms with Gasteiger partial charge in [0.2, 0.25) is 0 Å². The van der Waals surface area contributed by atoms with Crippen molar-refractivity contribution in [2.75, 3.05) is 6.26 Å². The van der Waals surface area contributed by atoms with E-state index in [0.29, 0.717) is 31.8 Å². The van der Waals surface area contributed by atoms with E-state index in [-0.39, 0.29) is 5.56 Å². The van der Waals surface area contributed by atoms with Crippen LogP contribution in [0.5, 0.6) is 0 Å². The predicted octanol–water partition coefficient (Wildman–Crippen LogP) is 4.12. The van der Waals surface area contributed by atoms with Gasteiger partial charge in [0.05, 0.1) is 26.6 Å². The normalized spacial score (nSPS) is 11.1. The molecule has 0 aliphatic rings. The highest BCUT2D eigenvalue weighted by atomic mass is 35.5. The minimum absolute atomic E-state index is 0.252. The molecule has 0 saturated carbocycles. The molecule has 0 bridgehead atoms. The maximum absolute atomic E-state index is 12.7. The number of benzene rings is 1. The fourth-order valence-corrected chi connectivity index (χ4v) is 3.34. The van der Waals surface area contributed by atoms with Crippen LogP contribution in [0.1, 0.15) is 5.56 Å². The summed E-state index contributed by atoms with van der Waals surface area (Å²) in [7, 11) is 0. The molecule has 0 radical (unpaired) electrons. The van der Waals surface area contributed by atoms with Crippen molar-refractivity contribution in [1.82, 2.24) is 14.5 Å². The molecule has 0 aliphatic heterocycles. The molecule has 2 heterocycles. The first-order chi connectivity index (χ1) is 10.5. The summed E-state index contributed by atoms with van der Waals surface area (Å²) >= 11 is 13.9. The maximum Gasteiger partial charge on any atom is 0.266 e. The van der Waals surface area contributed by atoms with Gasteiger partial charge in [-0.15, -0.1) is 0 Å². The van der Waals surface area contributed by atoms with Crippen LogP contribution in [0.4, 0.5) is 0 Å². The number of fused-ring (bicyclic) bond motifs is 1. The van der Waals surface area contributed by atoms with Crippen LogP contribution in [0.15, 0.2) is 40.5 Å². The van der Waals surface area contributed by atoms with Crippen molar-refractivity contribution in [3.05, 3.63) is 56.6 Å². The molecule has 4 nitrogen and oxygen atoms in total. The van der Waals surface area contributed by atoms with Crippen molar-refractivity contribution in [3.8, 4) is 5.69 Å². The molecule has 0 amide bonds. The smallest absolute Gasteiger partial charge is 0.266 e. The van der Waals surface area contributed by atoms with Gasteiger partial charge in [-0.3, -0.25) is 9.36 Å². The lowest BCUT2D eigenvalue weighted by Crippen LogP contribution is -2.19. The summed E-state index contributed by atoms with van der Waals surface area (Å²) in [6.07, 6.45) is 5.04. The van der Waals surface area contributed by atoms with Gasteiger partial charge in [0, 0.05) is 12.4 Å². The summed E-state index contributed by atoms with van der Waals surface area (Å²) in [4.78, 5) is 21.2. The summed E-state index contributed by atoms with van der Waals surface area (Å²) in [5.74, 6) is 0. The van der Waals surface area contributed by atoms with Crippen LogP contribution in [0.2, 0.25) is 10.0 Å². The summed E-state index contributed by atoms with van der Waals surface area (Å²) in [6, 6.07) is 5.30. The van der Waals surface area contributed by atoms with Gasteiger partial charge in [-0.25, -0.2) is 9.97 Å². The highest BCUT2D eigenvalue weighted by Crippen LogP contribution is 2.29. The van der Waals surface area contributed by atoms with Crippen molar-refractivity contribution >= 4 is 45.9 Å². The lowest BCUT2D eigenvalue weighted by molar-refractivity contribution is 0.969. The standard InChI is InChI=1S/C15H11Cl2N3OS/c1-8-5-10(16)13(11(17)6-8)20-4-3-12-9(14(20)21)7-18-15(19-12)22-2/h3-7H,1-2H3. The lowest BCUT2D eigenvalue weighted by atomic mass is 10.2. The number of thioether (sulfide) groups is 1. The number of hydrogen-bond acceptors (Lipinski definition) is 4. The van der Waals surface area contributed by atoms with Crippen LogP contribution in [-0.2, 0) is 0 Å². The third-order valence-corrected chi connectivity index (χ3v) is 4.35. The minimum Gasteiger partial charge on any atom is -0.281 e. The monoisotopic (exact) mass is 351 g/mol. The largest absolute Gasteiger partial charge is 0.281 e. The minimum atomic E-state index is -0.252. The van der Waals surface area contributed by atoms with Crippen LogP contribution < -0.4 is 5.56 Å². The van der Waals surface area contributed by atoms with Crippen molar-refractivity contribution in [1.29, 1.82) is 0 Å². The fraction of sp³-hybridized carbons (Fsp3) is 0.133. The molecule has 7 heteroatoms. The molecule has 0 fully saturated rings. The van der Waals surface area contributed by atoms with E-state index < -0.39 is 0 Å².